The van der Waals surface area contributed by atoms with Crippen LogP contribution in [0.1, 0.15) is 27.4 Å². The Balaban J connectivity index is 1.42. The average Bonchev–Trinajstić information content (AvgIpc) is 3.34. The van der Waals surface area contributed by atoms with E-state index in [0.29, 0.717) is 28.6 Å². The number of nitrogens with zero attached hydrogens (tertiary/aromatic N) is 3. The van der Waals surface area contributed by atoms with Crippen LogP contribution in [0.5, 0.6) is 5.75 Å². The first kappa shape index (κ1) is 20.6. The highest BCUT2D eigenvalue weighted by atomic mass is 35.5. The van der Waals surface area contributed by atoms with Gasteiger partial charge in [0.1, 0.15) is 12.4 Å². The number of benzene rings is 2. The van der Waals surface area contributed by atoms with Crippen LogP contribution in [-0.4, -0.2) is 20.8 Å². The van der Waals surface area contributed by atoms with Crippen molar-refractivity contribution in [2.24, 2.45) is 0 Å². The molecule has 9 heteroatoms. The molecule has 7 nitrogen and oxygen atoms in total. The second kappa shape index (κ2) is 9.01. The molecule has 1 N–H and O–H groups in total. The van der Waals surface area contributed by atoms with E-state index in [2.05, 4.69) is 15.6 Å². The summed E-state index contributed by atoms with van der Waals surface area (Å²) in [4.78, 5) is 12.7. The van der Waals surface area contributed by atoms with Crippen LogP contribution < -0.4 is 10.1 Å². The molecule has 4 aromatic rings. The van der Waals surface area contributed by atoms with Crippen LogP contribution >= 0.6 is 11.6 Å². The molecular weight excluding hydrogens is 423 g/mol. The molecule has 31 heavy (non-hydrogen) atoms. The molecule has 2 heterocycles. The summed E-state index contributed by atoms with van der Waals surface area (Å²) in [6.07, 6.45) is 3.30. The van der Waals surface area contributed by atoms with Crippen molar-refractivity contribution in [3.63, 3.8) is 0 Å². The predicted molar refractivity (Wildman–Crippen MR) is 113 cm³/mol. The number of halogens is 2. The summed E-state index contributed by atoms with van der Waals surface area (Å²) in [5, 5.41) is 11.3. The van der Waals surface area contributed by atoms with Gasteiger partial charge < -0.3 is 14.6 Å². The zero-order valence-electron chi connectivity index (χ0n) is 16.5. The number of amides is 1. The van der Waals surface area contributed by atoms with Crippen LogP contribution in [0, 0.1) is 12.7 Å². The maximum atomic E-state index is 13.8. The lowest BCUT2D eigenvalue weighted by molar-refractivity contribution is 0.101. The van der Waals surface area contributed by atoms with E-state index in [1.807, 2.05) is 12.1 Å². The van der Waals surface area contributed by atoms with Gasteiger partial charge in [-0.2, -0.15) is 5.10 Å². The van der Waals surface area contributed by atoms with Gasteiger partial charge in [0.15, 0.2) is 17.3 Å². The van der Waals surface area contributed by atoms with Gasteiger partial charge in [0.05, 0.1) is 23.3 Å². The highest BCUT2D eigenvalue weighted by Gasteiger charge is 2.21. The predicted octanol–water partition coefficient (Wildman–Crippen LogP) is 4.85. The molecule has 0 spiro atoms. The van der Waals surface area contributed by atoms with Gasteiger partial charge in [-0.1, -0.05) is 41.0 Å². The van der Waals surface area contributed by atoms with Crippen LogP contribution in [0.15, 0.2) is 65.4 Å². The van der Waals surface area contributed by atoms with Gasteiger partial charge in [0.2, 0.25) is 0 Å². The standard InChI is InChI=1S/C22H18ClFN4O3/c1-14-18(13-30-20-5-3-2-4-19(20)24)21(27-31-14)22(29)26-17-8-6-15(7-9-17)11-28-12-16(23)10-25-28/h2-10,12H,11,13H2,1H3,(H,26,29). The summed E-state index contributed by atoms with van der Waals surface area (Å²) in [5.41, 5.74) is 2.12. The van der Waals surface area contributed by atoms with E-state index in [-0.39, 0.29) is 18.1 Å². The topological polar surface area (TPSA) is 82.2 Å². The zero-order chi connectivity index (χ0) is 21.8. The molecule has 0 unspecified atom stereocenters. The minimum atomic E-state index is -0.486. The Morgan fingerprint density at radius 3 is 2.71 bits per heavy atom. The molecule has 0 fully saturated rings. The second-order valence-electron chi connectivity index (χ2n) is 6.79. The molecule has 0 aliphatic heterocycles. The van der Waals surface area contributed by atoms with Gasteiger partial charge in [-0.25, -0.2) is 4.39 Å². The molecule has 4 rings (SSSR count). The Morgan fingerprint density at radius 1 is 1.23 bits per heavy atom. The quantitative estimate of drug-likeness (QED) is 0.444. The number of aromatic nitrogens is 3. The van der Waals surface area contributed by atoms with Crippen LogP contribution in [0.2, 0.25) is 5.02 Å². The molecule has 0 aliphatic carbocycles. The summed E-state index contributed by atoms with van der Waals surface area (Å²) in [7, 11) is 0. The fourth-order valence-corrected chi connectivity index (χ4v) is 3.10. The molecule has 2 aromatic heterocycles. The summed E-state index contributed by atoms with van der Waals surface area (Å²) in [6, 6.07) is 13.4. The largest absolute Gasteiger partial charge is 0.486 e. The van der Waals surface area contributed by atoms with E-state index in [0.717, 1.165) is 5.56 Å². The molecule has 0 aliphatic rings. The van der Waals surface area contributed by atoms with Crippen molar-refractivity contribution in [3.05, 3.63) is 94.3 Å². The van der Waals surface area contributed by atoms with E-state index >= 15 is 0 Å². The Labute approximate surface area is 182 Å². The fraction of sp³-hybridized carbons (Fsp3) is 0.136. The molecule has 2 aromatic carbocycles. The SMILES string of the molecule is Cc1onc(C(=O)Nc2ccc(Cn3cc(Cl)cn3)cc2)c1COc1ccccc1F. The van der Waals surface area contributed by atoms with Crippen molar-refractivity contribution < 1.29 is 18.4 Å². The van der Waals surface area contributed by atoms with Crippen molar-refractivity contribution in [1.82, 2.24) is 14.9 Å². The highest BCUT2D eigenvalue weighted by molar-refractivity contribution is 6.30. The maximum Gasteiger partial charge on any atom is 0.278 e. The van der Waals surface area contributed by atoms with Crippen LogP contribution in [0.4, 0.5) is 10.1 Å². The van der Waals surface area contributed by atoms with Crippen LogP contribution in [0.3, 0.4) is 0 Å². The fourth-order valence-electron chi connectivity index (χ4n) is 2.95. The van der Waals surface area contributed by atoms with Gasteiger partial charge >= 0.3 is 0 Å². The van der Waals surface area contributed by atoms with Gasteiger partial charge in [-0.15, -0.1) is 0 Å². The smallest absolute Gasteiger partial charge is 0.278 e. The van der Waals surface area contributed by atoms with Crippen LogP contribution in [-0.2, 0) is 13.2 Å². The lowest BCUT2D eigenvalue weighted by Gasteiger charge is -2.08. The molecule has 0 saturated heterocycles. The van der Waals surface area contributed by atoms with Gasteiger partial charge in [0.25, 0.3) is 5.91 Å². The monoisotopic (exact) mass is 440 g/mol. The molecule has 0 atom stereocenters. The highest BCUT2D eigenvalue weighted by Crippen LogP contribution is 2.21. The normalized spacial score (nSPS) is 10.8. The van der Waals surface area contributed by atoms with Crippen molar-refractivity contribution in [1.29, 1.82) is 0 Å². The van der Waals surface area contributed by atoms with Crippen molar-refractivity contribution in [2.45, 2.75) is 20.1 Å². The maximum absolute atomic E-state index is 13.8. The number of aryl methyl sites for hydroxylation is 1. The first-order valence-electron chi connectivity index (χ1n) is 9.40. The summed E-state index contributed by atoms with van der Waals surface area (Å²) in [6.45, 7) is 2.17. The van der Waals surface area contributed by atoms with Crippen molar-refractivity contribution in [2.75, 3.05) is 5.32 Å². The number of carbonyl (C=O) groups is 1. The molecule has 1 amide bonds. The van der Waals surface area contributed by atoms with Gasteiger partial charge in [-0.05, 0) is 36.8 Å². The van der Waals surface area contributed by atoms with E-state index < -0.39 is 11.7 Å². The first-order chi connectivity index (χ1) is 15.0. The Morgan fingerprint density at radius 2 is 2.00 bits per heavy atom. The third kappa shape index (κ3) is 4.92. The Bertz CT molecular complexity index is 1200. The van der Waals surface area contributed by atoms with Crippen molar-refractivity contribution >= 4 is 23.2 Å². The third-order valence-electron chi connectivity index (χ3n) is 4.57. The number of nitrogens with one attached hydrogen (secondary N) is 1. The van der Waals surface area contributed by atoms with Gasteiger partial charge in [0, 0.05) is 11.9 Å². The van der Waals surface area contributed by atoms with E-state index in [1.54, 1.807) is 48.3 Å². The summed E-state index contributed by atoms with van der Waals surface area (Å²) in [5.74, 6) is -0.422. The average molecular weight is 441 g/mol. The third-order valence-corrected chi connectivity index (χ3v) is 4.76. The first-order valence-corrected chi connectivity index (χ1v) is 9.78. The summed E-state index contributed by atoms with van der Waals surface area (Å²) >= 11 is 5.87. The van der Waals surface area contributed by atoms with E-state index in [9.17, 15) is 9.18 Å². The summed E-state index contributed by atoms with van der Waals surface area (Å²) < 4.78 is 26.2. The molecule has 0 bridgehead atoms. The minimum absolute atomic E-state index is 0.0512. The minimum Gasteiger partial charge on any atom is -0.486 e. The molecular formula is C22H18ClFN4O3. The van der Waals surface area contributed by atoms with E-state index in [4.69, 9.17) is 20.9 Å². The lowest BCUT2D eigenvalue weighted by atomic mass is 10.1. The molecule has 158 valence electrons. The Kier molecular flexibility index (Phi) is 5.99. The second-order valence-corrected chi connectivity index (χ2v) is 7.23. The number of hydrogen-bond acceptors (Lipinski definition) is 5. The molecule has 0 radical (unpaired) electrons. The number of ether oxygens (including phenoxy) is 1. The van der Waals surface area contributed by atoms with E-state index in [1.165, 1.54) is 12.1 Å². The number of carbonyl (C=O) groups excluding carboxylic acids is 1. The van der Waals surface area contributed by atoms with Crippen molar-refractivity contribution in [3.8, 4) is 5.75 Å². The zero-order valence-corrected chi connectivity index (χ0v) is 17.3. The number of para-hydroxylation sites is 1. The molecule has 0 saturated carbocycles. The van der Waals surface area contributed by atoms with Gasteiger partial charge in [-0.3, -0.25) is 9.48 Å². The number of hydrogen-bond donors (Lipinski definition) is 1. The Hall–Kier alpha value is -3.65. The number of anilines is 1. The number of rotatable bonds is 7. The van der Waals surface area contributed by atoms with Crippen LogP contribution in [0.25, 0.3) is 0 Å². The lowest BCUT2D eigenvalue weighted by Crippen LogP contribution is -2.15.